The lowest BCUT2D eigenvalue weighted by Gasteiger charge is -2.32. The van der Waals surface area contributed by atoms with Crippen LogP contribution in [0.15, 0.2) is 24.5 Å². The summed E-state index contributed by atoms with van der Waals surface area (Å²) in [5.74, 6) is 1.42. The van der Waals surface area contributed by atoms with E-state index in [9.17, 15) is 9.59 Å². The van der Waals surface area contributed by atoms with Gasteiger partial charge in [-0.3, -0.25) is 9.59 Å². The van der Waals surface area contributed by atoms with Gasteiger partial charge in [-0.2, -0.15) is 0 Å². The van der Waals surface area contributed by atoms with Crippen molar-refractivity contribution in [1.29, 1.82) is 0 Å². The molecule has 1 unspecified atom stereocenters. The minimum absolute atomic E-state index is 0.0555. The molecule has 0 aliphatic carbocycles. The van der Waals surface area contributed by atoms with E-state index in [1.165, 1.54) is 11.9 Å². The van der Waals surface area contributed by atoms with Gasteiger partial charge in [0.2, 0.25) is 11.8 Å². The molecular weight excluding hydrogens is 380 g/mol. The third kappa shape index (κ3) is 3.81. The Balaban J connectivity index is 1.48. The molecule has 8 nitrogen and oxygen atoms in total. The molecule has 1 aromatic carbocycles. The van der Waals surface area contributed by atoms with Gasteiger partial charge >= 0.3 is 0 Å². The standard InChI is InChI=1S/C22H28N6O2/c1-14-9-15(2)21(16(3)10-14)28-6-5-17(22(28)30)25-18-11-19(24-13-23-18)27-8-7-26(4)20(29)12-27/h9-11,13,17H,5-8,12H2,1-4H3,(H,23,24,25). The number of nitrogens with zero attached hydrogens (tertiary/aromatic N) is 5. The lowest BCUT2D eigenvalue weighted by molar-refractivity contribution is -0.129. The number of nitrogens with one attached hydrogen (secondary N) is 1. The predicted octanol–water partition coefficient (Wildman–Crippen LogP) is 1.90. The second-order valence-corrected chi connectivity index (χ2v) is 8.22. The van der Waals surface area contributed by atoms with Crippen molar-refractivity contribution < 1.29 is 9.59 Å². The second-order valence-electron chi connectivity index (χ2n) is 8.22. The first-order chi connectivity index (χ1) is 14.3. The fraction of sp³-hybridized carbons (Fsp3) is 0.455. The van der Waals surface area contributed by atoms with Crippen molar-refractivity contribution in [3.05, 3.63) is 41.2 Å². The topological polar surface area (TPSA) is 81.7 Å². The fourth-order valence-electron chi connectivity index (χ4n) is 4.37. The highest BCUT2D eigenvalue weighted by Gasteiger charge is 2.34. The van der Waals surface area contributed by atoms with Crippen molar-refractivity contribution in [2.45, 2.75) is 33.2 Å². The zero-order chi connectivity index (χ0) is 21.4. The van der Waals surface area contributed by atoms with Crippen molar-refractivity contribution in [1.82, 2.24) is 14.9 Å². The number of aromatic nitrogens is 2. The number of benzene rings is 1. The van der Waals surface area contributed by atoms with Crippen LogP contribution in [0.25, 0.3) is 0 Å². The van der Waals surface area contributed by atoms with Crippen molar-refractivity contribution >= 4 is 29.1 Å². The van der Waals surface area contributed by atoms with Crippen LogP contribution < -0.4 is 15.1 Å². The van der Waals surface area contributed by atoms with Crippen LogP contribution in [0.5, 0.6) is 0 Å². The smallest absolute Gasteiger partial charge is 0.249 e. The maximum atomic E-state index is 13.1. The Labute approximate surface area is 176 Å². The van der Waals surface area contributed by atoms with Gasteiger partial charge in [0.25, 0.3) is 0 Å². The highest BCUT2D eigenvalue weighted by Crippen LogP contribution is 2.31. The molecule has 30 heavy (non-hydrogen) atoms. The molecule has 2 amide bonds. The van der Waals surface area contributed by atoms with Crippen LogP contribution in [0.2, 0.25) is 0 Å². The van der Waals surface area contributed by atoms with Crippen LogP contribution in [0.1, 0.15) is 23.1 Å². The molecule has 2 saturated heterocycles. The van der Waals surface area contributed by atoms with Crippen molar-refractivity contribution in [2.24, 2.45) is 0 Å². The average molecular weight is 409 g/mol. The SMILES string of the molecule is Cc1cc(C)c(N2CCC(Nc3cc(N4CCN(C)C(=O)C4)ncn3)C2=O)c(C)c1. The molecule has 1 atom stereocenters. The zero-order valence-corrected chi connectivity index (χ0v) is 18.0. The lowest BCUT2D eigenvalue weighted by Crippen LogP contribution is -2.48. The molecule has 158 valence electrons. The molecule has 2 aliphatic rings. The molecule has 1 N–H and O–H groups in total. The normalized spacial score (nSPS) is 19.6. The first-order valence-electron chi connectivity index (χ1n) is 10.3. The Morgan fingerprint density at radius 2 is 1.73 bits per heavy atom. The van der Waals surface area contributed by atoms with E-state index in [2.05, 4.69) is 48.2 Å². The monoisotopic (exact) mass is 408 g/mol. The van der Waals surface area contributed by atoms with E-state index in [1.807, 2.05) is 22.9 Å². The molecule has 2 aromatic rings. The van der Waals surface area contributed by atoms with E-state index in [0.717, 1.165) is 23.4 Å². The van der Waals surface area contributed by atoms with Crippen LogP contribution in [0.4, 0.5) is 17.3 Å². The summed E-state index contributed by atoms with van der Waals surface area (Å²) in [6.07, 6.45) is 2.18. The molecule has 4 rings (SSSR count). The summed E-state index contributed by atoms with van der Waals surface area (Å²) in [4.78, 5) is 39.3. The number of aryl methyl sites for hydroxylation is 3. The minimum atomic E-state index is -0.332. The van der Waals surface area contributed by atoms with Gasteiger partial charge < -0.3 is 20.0 Å². The maximum Gasteiger partial charge on any atom is 0.249 e. The van der Waals surface area contributed by atoms with Crippen molar-refractivity contribution in [2.75, 3.05) is 48.3 Å². The van der Waals surface area contributed by atoms with Crippen LogP contribution >= 0.6 is 0 Å². The second kappa shape index (κ2) is 7.93. The molecule has 8 heteroatoms. The van der Waals surface area contributed by atoms with E-state index in [-0.39, 0.29) is 17.9 Å². The summed E-state index contributed by atoms with van der Waals surface area (Å²) in [6, 6.07) is 5.72. The molecule has 0 radical (unpaired) electrons. The summed E-state index contributed by atoms with van der Waals surface area (Å²) in [6.45, 7) is 8.54. The van der Waals surface area contributed by atoms with Gasteiger partial charge in [0, 0.05) is 38.4 Å². The molecule has 3 heterocycles. The largest absolute Gasteiger partial charge is 0.358 e. The molecule has 0 spiro atoms. The molecule has 0 bridgehead atoms. The van der Waals surface area contributed by atoms with E-state index in [1.54, 1.807) is 4.90 Å². The van der Waals surface area contributed by atoms with Gasteiger partial charge in [0.05, 0.1) is 6.54 Å². The minimum Gasteiger partial charge on any atom is -0.358 e. The van der Waals surface area contributed by atoms with E-state index in [0.29, 0.717) is 37.7 Å². The quantitative estimate of drug-likeness (QED) is 0.832. The van der Waals surface area contributed by atoms with Gasteiger partial charge in [-0.15, -0.1) is 0 Å². The Hall–Kier alpha value is -3.16. The zero-order valence-electron chi connectivity index (χ0n) is 18.0. The number of anilines is 3. The maximum absolute atomic E-state index is 13.1. The summed E-state index contributed by atoms with van der Waals surface area (Å²) >= 11 is 0. The van der Waals surface area contributed by atoms with Gasteiger partial charge in [0.15, 0.2) is 0 Å². The van der Waals surface area contributed by atoms with E-state index < -0.39 is 0 Å². The lowest BCUT2D eigenvalue weighted by atomic mass is 10.0. The molecular formula is C22H28N6O2. The third-order valence-corrected chi connectivity index (χ3v) is 5.87. The third-order valence-electron chi connectivity index (χ3n) is 5.87. The Kier molecular flexibility index (Phi) is 5.32. The first kappa shape index (κ1) is 20.1. The summed E-state index contributed by atoms with van der Waals surface area (Å²) in [5.41, 5.74) is 4.44. The van der Waals surface area contributed by atoms with Gasteiger partial charge in [0.1, 0.15) is 24.0 Å². The summed E-state index contributed by atoms with van der Waals surface area (Å²) in [7, 11) is 1.81. The number of amides is 2. The Bertz CT molecular complexity index is 968. The summed E-state index contributed by atoms with van der Waals surface area (Å²) in [5, 5.41) is 3.28. The number of rotatable bonds is 4. The van der Waals surface area contributed by atoms with Gasteiger partial charge in [-0.1, -0.05) is 17.7 Å². The highest BCUT2D eigenvalue weighted by atomic mass is 16.2. The molecule has 1 aromatic heterocycles. The summed E-state index contributed by atoms with van der Waals surface area (Å²) < 4.78 is 0. The molecule has 0 saturated carbocycles. The van der Waals surface area contributed by atoms with Crippen molar-refractivity contribution in [3.8, 4) is 0 Å². The van der Waals surface area contributed by atoms with Crippen LogP contribution in [-0.4, -0.2) is 66.0 Å². The molecule has 2 aliphatic heterocycles. The van der Waals surface area contributed by atoms with Crippen LogP contribution in [0, 0.1) is 20.8 Å². The molecule has 2 fully saturated rings. The first-order valence-corrected chi connectivity index (χ1v) is 10.3. The average Bonchev–Trinajstić information content (AvgIpc) is 3.04. The van der Waals surface area contributed by atoms with Gasteiger partial charge in [-0.25, -0.2) is 9.97 Å². The number of likely N-dealkylation sites (N-methyl/N-ethyl adjacent to an activating group) is 1. The Morgan fingerprint density at radius 3 is 2.43 bits per heavy atom. The fourth-order valence-corrected chi connectivity index (χ4v) is 4.37. The van der Waals surface area contributed by atoms with E-state index in [4.69, 9.17) is 0 Å². The predicted molar refractivity (Wildman–Crippen MR) is 117 cm³/mol. The number of carbonyl (C=O) groups excluding carboxylic acids is 2. The number of hydrogen-bond acceptors (Lipinski definition) is 6. The van der Waals surface area contributed by atoms with Gasteiger partial charge in [-0.05, 0) is 38.3 Å². The number of piperazine rings is 1. The Morgan fingerprint density at radius 1 is 1.00 bits per heavy atom. The van der Waals surface area contributed by atoms with E-state index >= 15 is 0 Å². The number of hydrogen-bond donors (Lipinski definition) is 1. The number of carbonyl (C=O) groups is 2. The van der Waals surface area contributed by atoms with Crippen molar-refractivity contribution in [3.63, 3.8) is 0 Å². The van der Waals surface area contributed by atoms with Crippen LogP contribution in [-0.2, 0) is 9.59 Å². The highest BCUT2D eigenvalue weighted by molar-refractivity contribution is 6.02. The van der Waals surface area contributed by atoms with Crippen LogP contribution in [0.3, 0.4) is 0 Å².